The second-order valence-corrected chi connectivity index (χ2v) is 27.8. The average molecular weight is 639 g/mol. The molecular formula is C24H40O8S2Sn. The summed E-state index contributed by atoms with van der Waals surface area (Å²) in [5, 5.41) is 0. The van der Waals surface area contributed by atoms with Crippen molar-refractivity contribution < 1.29 is 31.5 Å². The molecule has 4 rings (SSSR count). The third kappa shape index (κ3) is 4.10. The van der Waals surface area contributed by atoms with Gasteiger partial charge in [0.25, 0.3) is 0 Å². The Morgan fingerprint density at radius 1 is 0.743 bits per heavy atom. The van der Waals surface area contributed by atoms with Gasteiger partial charge in [-0.3, -0.25) is 0 Å². The summed E-state index contributed by atoms with van der Waals surface area (Å²) in [6.07, 6.45) is 3.40. The summed E-state index contributed by atoms with van der Waals surface area (Å²) in [7, 11) is -8.45. The fraction of sp³-hybridized carbons (Fsp3) is 0.917. The molecular weight excluding hydrogens is 599 g/mol. The number of carbonyl (C=O) groups excluding carboxylic acids is 2. The van der Waals surface area contributed by atoms with Crippen LogP contribution in [0.25, 0.3) is 0 Å². The maximum atomic E-state index is 13.4. The van der Waals surface area contributed by atoms with Crippen LogP contribution in [0.5, 0.6) is 0 Å². The van der Waals surface area contributed by atoms with Crippen molar-refractivity contribution in [3.63, 3.8) is 0 Å². The molecule has 0 amide bonds. The summed E-state index contributed by atoms with van der Waals surface area (Å²) in [6.45, 7) is 11.2. The van der Waals surface area contributed by atoms with E-state index in [0.29, 0.717) is 25.7 Å². The van der Waals surface area contributed by atoms with E-state index in [9.17, 15) is 26.4 Å². The van der Waals surface area contributed by atoms with Crippen LogP contribution in [0, 0.1) is 33.5 Å². The Labute approximate surface area is 215 Å². The third-order valence-electron chi connectivity index (χ3n) is 10.8. The zero-order valence-electron chi connectivity index (χ0n) is 21.8. The molecule has 0 radical (unpaired) electrons. The van der Waals surface area contributed by atoms with Crippen molar-refractivity contribution >= 4 is 51.0 Å². The monoisotopic (exact) mass is 640 g/mol. The molecule has 0 aliphatic heterocycles. The molecule has 4 aliphatic rings. The second-order valence-electron chi connectivity index (χ2n) is 12.5. The molecule has 0 saturated heterocycles. The van der Waals surface area contributed by atoms with Gasteiger partial charge in [-0.25, -0.2) is 0 Å². The molecule has 4 fully saturated rings. The number of fused-ring (bicyclic) bond motifs is 4. The SMILES string of the molecule is C[CH2][Sn]([CH2]C)([O]S(=O)(=O)C[C@@]12CC[C@@H](CC1=O)C2(C)C)[O]S(=O)(=O)C[C@@]12CC[C@@H](CC1=O)C2(C)C. The van der Waals surface area contributed by atoms with E-state index < -0.39 is 72.6 Å². The van der Waals surface area contributed by atoms with Crippen molar-refractivity contribution in [2.24, 2.45) is 33.5 Å². The maximum absolute atomic E-state index is 13.4. The molecule has 35 heavy (non-hydrogen) atoms. The summed E-state index contributed by atoms with van der Waals surface area (Å²) in [4.78, 5) is 25.8. The molecule has 0 aromatic carbocycles. The van der Waals surface area contributed by atoms with Crippen molar-refractivity contribution in [3.8, 4) is 0 Å². The summed E-state index contributed by atoms with van der Waals surface area (Å²) in [5.74, 6) is -0.609. The first-order valence-electron chi connectivity index (χ1n) is 12.8. The van der Waals surface area contributed by atoms with Gasteiger partial charge in [0.1, 0.15) is 0 Å². The first kappa shape index (κ1) is 28.0. The Hall–Kier alpha value is -0.0413. The quantitative estimate of drug-likeness (QED) is 0.330. The van der Waals surface area contributed by atoms with E-state index in [-0.39, 0.29) is 32.3 Å². The second kappa shape index (κ2) is 8.48. The summed E-state index contributed by atoms with van der Waals surface area (Å²) in [6, 6.07) is 0. The van der Waals surface area contributed by atoms with Crippen molar-refractivity contribution in [3.05, 3.63) is 0 Å². The molecule has 4 aliphatic carbocycles. The van der Waals surface area contributed by atoms with Gasteiger partial charge in [-0.2, -0.15) is 0 Å². The van der Waals surface area contributed by atoms with Crippen LogP contribution in [0.15, 0.2) is 0 Å². The van der Waals surface area contributed by atoms with Crippen LogP contribution in [0.3, 0.4) is 0 Å². The van der Waals surface area contributed by atoms with Gasteiger partial charge in [0, 0.05) is 0 Å². The Balaban J connectivity index is 1.57. The number of rotatable bonds is 10. The Morgan fingerprint density at radius 3 is 1.31 bits per heavy atom. The normalized spacial score (nSPS) is 35.8. The third-order valence-corrected chi connectivity index (χ3v) is 29.3. The minimum absolute atomic E-state index is 0.0369. The van der Waals surface area contributed by atoms with Gasteiger partial charge in [0.2, 0.25) is 0 Å². The summed E-state index contributed by atoms with van der Waals surface area (Å²) in [5.41, 5.74) is -2.88. The standard InChI is InChI=1S/2C10H16O4S.2C2H5.Sn/c2*1-9(2)7-3-4-10(9,8(11)5-7)6-15(12,13)14;2*1-2;/h2*7H,3-6H2,1-2H3,(H,12,13,14);2*1H2,2H3;/q;;;;+2/p-2/t2*7-,10-;;;/m00.../s1. The van der Waals surface area contributed by atoms with Crippen LogP contribution in [0.4, 0.5) is 0 Å². The van der Waals surface area contributed by atoms with Crippen LogP contribution in [0.1, 0.15) is 80.1 Å². The van der Waals surface area contributed by atoms with Gasteiger partial charge in [-0.05, 0) is 0 Å². The van der Waals surface area contributed by atoms with Crippen molar-refractivity contribution in [2.75, 3.05) is 11.5 Å². The van der Waals surface area contributed by atoms with Gasteiger partial charge in [-0.15, -0.1) is 0 Å². The Morgan fingerprint density at radius 2 is 1.09 bits per heavy atom. The Bertz CT molecular complexity index is 1050. The first-order chi connectivity index (χ1) is 15.9. The van der Waals surface area contributed by atoms with Crippen LogP contribution in [-0.4, -0.2) is 59.1 Å². The van der Waals surface area contributed by atoms with E-state index in [1.165, 1.54) is 0 Å². The van der Waals surface area contributed by atoms with E-state index in [1.54, 1.807) is 13.8 Å². The molecule has 0 spiro atoms. The van der Waals surface area contributed by atoms with Crippen molar-refractivity contribution in [1.29, 1.82) is 0 Å². The van der Waals surface area contributed by atoms with Gasteiger partial charge >= 0.3 is 216 Å². The number of carbonyl (C=O) groups is 2. The van der Waals surface area contributed by atoms with Gasteiger partial charge in [0.05, 0.1) is 0 Å². The van der Waals surface area contributed by atoms with E-state index in [4.69, 9.17) is 5.04 Å². The van der Waals surface area contributed by atoms with E-state index in [1.807, 2.05) is 27.7 Å². The van der Waals surface area contributed by atoms with E-state index in [0.717, 1.165) is 12.8 Å². The number of hydrogen-bond donors (Lipinski definition) is 0. The summed E-state index contributed by atoms with van der Waals surface area (Å²) >= 11 is -4.70. The molecule has 4 atom stereocenters. The predicted octanol–water partition coefficient (Wildman–Crippen LogP) is 3.95. The molecule has 0 N–H and O–H groups in total. The van der Waals surface area contributed by atoms with Crippen LogP contribution in [0.2, 0.25) is 8.87 Å². The first-order valence-corrected chi connectivity index (χ1v) is 22.4. The van der Waals surface area contributed by atoms with Crippen molar-refractivity contribution in [2.45, 2.75) is 88.9 Å². The fourth-order valence-corrected chi connectivity index (χ4v) is 27.1. The van der Waals surface area contributed by atoms with Crippen LogP contribution in [-0.2, 0) is 34.9 Å². The molecule has 0 unspecified atom stereocenters. The summed E-state index contributed by atoms with van der Waals surface area (Å²) < 4.78 is 65.5. The molecule has 8 nitrogen and oxygen atoms in total. The molecule has 11 heteroatoms. The molecule has 0 aromatic heterocycles. The van der Waals surface area contributed by atoms with Crippen LogP contribution < -0.4 is 0 Å². The minimum atomic E-state index is -4.70. The fourth-order valence-electron chi connectivity index (χ4n) is 7.84. The van der Waals surface area contributed by atoms with Gasteiger partial charge < -0.3 is 0 Å². The van der Waals surface area contributed by atoms with E-state index >= 15 is 0 Å². The van der Waals surface area contributed by atoms with Gasteiger partial charge in [0.15, 0.2) is 0 Å². The van der Waals surface area contributed by atoms with Gasteiger partial charge in [-0.1, -0.05) is 0 Å². The van der Waals surface area contributed by atoms with Crippen molar-refractivity contribution in [1.82, 2.24) is 0 Å². The average Bonchev–Trinajstić information content (AvgIpc) is 3.25. The van der Waals surface area contributed by atoms with E-state index in [2.05, 4.69) is 0 Å². The zero-order valence-corrected chi connectivity index (χ0v) is 26.3. The number of hydrogen-bond acceptors (Lipinski definition) is 8. The molecule has 4 bridgehead atoms. The molecule has 0 aromatic rings. The number of Topliss-reactive ketones (excluding diaryl/α,β-unsaturated/α-hetero) is 2. The van der Waals surface area contributed by atoms with Crippen LogP contribution >= 0.6 is 0 Å². The molecule has 4 saturated carbocycles. The Kier molecular flexibility index (Phi) is 6.78. The molecule has 0 heterocycles. The predicted molar refractivity (Wildman–Crippen MR) is 134 cm³/mol. The molecule has 200 valence electrons. The number of ketones is 2. The zero-order chi connectivity index (χ0) is 26.3. The topological polar surface area (TPSA) is 121 Å².